The molecule has 0 atom stereocenters. The summed E-state index contributed by atoms with van der Waals surface area (Å²) in [5.41, 5.74) is 4.07. The van der Waals surface area contributed by atoms with E-state index in [4.69, 9.17) is 3.07 Å². The van der Waals surface area contributed by atoms with Gasteiger partial charge < -0.3 is 3.07 Å². The van der Waals surface area contributed by atoms with Crippen molar-refractivity contribution in [2.75, 3.05) is 0 Å². The Morgan fingerprint density at radius 1 is 1.00 bits per heavy atom. The number of rotatable bonds is 2. The molecule has 3 aromatic rings. The molecule has 5 heteroatoms. The summed E-state index contributed by atoms with van der Waals surface area (Å²) in [4.78, 5) is 12.8. The lowest BCUT2D eigenvalue weighted by atomic mass is 9.97. The summed E-state index contributed by atoms with van der Waals surface area (Å²) in [5.74, 6) is 0.832. The summed E-state index contributed by atoms with van der Waals surface area (Å²) in [6.45, 7) is 3.99. The molecule has 100 valence electrons. The third-order valence-electron chi connectivity index (χ3n) is 3.36. The molecule has 3 rings (SSSR count). The molecular formula is C15H12IN3O. The van der Waals surface area contributed by atoms with Crippen molar-refractivity contribution in [1.82, 2.24) is 15.0 Å². The number of hydrogen-bond acceptors (Lipinski definition) is 4. The van der Waals surface area contributed by atoms with Crippen molar-refractivity contribution in [1.29, 1.82) is 0 Å². The topological polar surface area (TPSA) is 47.9 Å². The van der Waals surface area contributed by atoms with Crippen LogP contribution in [0, 0.1) is 13.8 Å². The average molecular weight is 377 g/mol. The second kappa shape index (κ2) is 5.32. The Labute approximate surface area is 130 Å². The van der Waals surface area contributed by atoms with Gasteiger partial charge in [0.05, 0.1) is 0 Å². The largest absolute Gasteiger partial charge is 0.427 e. The first kappa shape index (κ1) is 13.2. The number of halogens is 1. The van der Waals surface area contributed by atoms with Crippen molar-refractivity contribution >= 4 is 33.8 Å². The van der Waals surface area contributed by atoms with Gasteiger partial charge >= 0.3 is 0 Å². The van der Waals surface area contributed by atoms with Gasteiger partial charge in [-0.1, -0.05) is 0 Å². The zero-order chi connectivity index (χ0) is 14.1. The van der Waals surface area contributed by atoms with E-state index in [1.807, 2.05) is 61.2 Å². The molecule has 0 aliphatic rings. The van der Waals surface area contributed by atoms with E-state index >= 15 is 0 Å². The van der Waals surface area contributed by atoms with Crippen LogP contribution in [-0.2, 0) is 0 Å². The normalized spacial score (nSPS) is 10.8. The summed E-state index contributed by atoms with van der Waals surface area (Å²) in [5, 5.41) is 2.08. The standard InChI is InChI=1S/C15H12IN3O/c1-9-15(10(2)19-8-18-9)12-3-4-14(20-16)11-5-6-17-7-13(11)12/h3-8H,1-2H3. The number of aromatic nitrogens is 3. The molecule has 2 aromatic heterocycles. The van der Waals surface area contributed by atoms with Crippen LogP contribution in [0.15, 0.2) is 36.9 Å². The van der Waals surface area contributed by atoms with Crippen LogP contribution in [0.2, 0.25) is 0 Å². The highest BCUT2D eigenvalue weighted by molar-refractivity contribution is 14.1. The molecule has 2 heterocycles. The second-order valence-electron chi connectivity index (χ2n) is 4.53. The molecule has 0 aliphatic carbocycles. The van der Waals surface area contributed by atoms with E-state index in [1.165, 1.54) is 0 Å². The maximum absolute atomic E-state index is 5.39. The molecular weight excluding hydrogens is 365 g/mol. The lowest BCUT2D eigenvalue weighted by Crippen LogP contribution is -1.96. The Morgan fingerprint density at radius 2 is 1.75 bits per heavy atom. The zero-order valence-corrected chi connectivity index (χ0v) is 13.2. The summed E-state index contributed by atoms with van der Waals surface area (Å²) < 4.78 is 5.39. The predicted octanol–water partition coefficient (Wildman–Crippen LogP) is 4.04. The van der Waals surface area contributed by atoms with E-state index in [9.17, 15) is 0 Å². The predicted molar refractivity (Wildman–Crippen MR) is 86.9 cm³/mol. The third kappa shape index (κ3) is 2.11. The molecule has 0 saturated heterocycles. The maximum atomic E-state index is 5.39. The minimum Gasteiger partial charge on any atom is -0.427 e. The molecule has 0 bridgehead atoms. The Kier molecular flexibility index (Phi) is 3.52. The van der Waals surface area contributed by atoms with Crippen LogP contribution in [0.4, 0.5) is 0 Å². The minimum absolute atomic E-state index is 0.832. The zero-order valence-electron chi connectivity index (χ0n) is 11.1. The van der Waals surface area contributed by atoms with E-state index in [0.717, 1.165) is 39.0 Å². The van der Waals surface area contributed by atoms with Crippen molar-refractivity contribution in [2.24, 2.45) is 0 Å². The van der Waals surface area contributed by atoms with Crippen LogP contribution in [-0.4, -0.2) is 15.0 Å². The first-order chi connectivity index (χ1) is 9.72. The Balaban J connectivity index is 2.38. The molecule has 0 aliphatic heterocycles. The highest BCUT2D eigenvalue weighted by Crippen LogP contribution is 2.36. The van der Waals surface area contributed by atoms with Gasteiger partial charge in [-0.15, -0.1) is 0 Å². The fourth-order valence-corrected chi connectivity index (χ4v) is 2.81. The van der Waals surface area contributed by atoms with Gasteiger partial charge in [0.1, 0.15) is 12.1 Å². The quantitative estimate of drug-likeness (QED) is 0.633. The third-order valence-corrected chi connectivity index (χ3v) is 3.83. The van der Waals surface area contributed by atoms with Gasteiger partial charge in [-0.3, -0.25) is 4.98 Å². The molecule has 4 nitrogen and oxygen atoms in total. The molecule has 0 spiro atoms. The van der Waals surface area contributed by atoms with Gasteiger partial charge in [0.25, 0.3) is 0 Å². The van der Waals surface area contributed by atoms with Gasteiger partial charge in [-0.05, 0) is 37.6 Å². The molecule has 1 aromatic carbocycles. The fraction of sp³-hybridized carbons (Fsp3) is 0.133. The van der Waals surface area contributed by atoms with Gasteiger partial charge in [0.2, 0.25) is 0 Å². The van der Waals surface area contributed by atoms with Crippen LogP contribution in [0.5, 0.6) is 5.75 Å². The van der Waals surface area contributed by atoms with E-state index < -0.39 is 0 Å². The van der Waals surface area contributed by atoms with Crippen LogP contribution in [0.1, 0.15) is 11.4 Å². The lowest BCUT2D eigenvalue weighted by molar-refractivity contribution is 0.726. The number of hydrogen-bond donors (Lipinski definition) is 0. The average Bonchev–Trinajstić information content (AvgIpc) is 2.47. The number of nitrogens with zero attached hydrogens (tertiary/aromatic N) is 3. The van der Waals surface area contributed by atoms with Gasteiger partial charge in [-0.2, -0.15) is 0 Å². The van der Waals surface area contributed by atoms with E-state index in [-0.39, 0.29) is 0 Å². The number of aryl methyl sites for hydroxylation is 2. The van der Waals surface area contributed by atoms with Crippen molar-refractivity contribution in [2.45, 2.75) is 13.8 Å². The Hall–Kier alpha value is -1.76. The van der Waals surface area contributed by atoms with Crippen molar-refractivity contribution < 1.29 is 3.07 Å². The number of pyridine rings is 1. The van der Waals surface area contributed by atoms with E-state index in [2.05, 4.69) is 15.0 Å². The van der Waals surface area contributed by atoms with Crippen LogP contribution >= 0.6 is 23.0 Å². The number of fused-ring (bicyclic) bond motifs is 1. The monoisotopic (exact) mass is 377 g/mol. The fourth-order valence-electron chi connectivity index (χ4n) is 2.43. The molecule has 0 radical (unpaired) electrons. The first-order valence-electron chi connectivity index (χ1n) is 6.16. The molecule has 20 heavy (non-hydrogen) atoms. The molecule has 0 unspecified atom stereocenters. The first-order valence-corrected chi connectivity index (χ1v) is 7.04. The smallest absolute Gasteiger partial charge is 0.192 e. The van der Waals surface area contributed by atoms with Gasteiger partial charge in [0.15, 0.2) is 23.0 Å². The molecule has 0 amide bonds. The highest BCUT2D eigenvalue weighted by Gasteiger charge is 2.13. The maximum Gasteiger partial charge on any atom is 0.192 e. The second-order valence-corrected chi connectivity index (χ2v) is 4.97. The van der Waals surface area contributed by atoms with Crippen LogP contribution in [0.3, 0.4) is 0 Å². The van der Waals surface area contributed by atoms with E-state index in [0.29, 0.717) is 0 Å². The molecule has 0 saturated carbocycles. The van der Waals surface area contributed by atoms with Crippen molar-refractivity contribution in [3.63, 3.8) is 0 Å². The van der Waals surface area contributed by atoms with Crippen LogP contribution in [0.25, 0.3) is 21.9 Å². The van der Waals surface area contributed by atoms with Crippen LogP contribution < -0.4 is 3.07 Å². The van der Waals surface area contributed by atoms with Gasteiger partial charge in [0, 0.05) is 40.1 Å². The van der Waals surface area contributed by atoms with E-state index in [1.54, 1.807) is 12.5 Å². The molecule has 0 fully saturated rings. The van der Waals surface area contributed by atoms with Crippen molar-refractivity contribution in [3.05, 3.63) is 48.3 Å². The summed E-state index contributed by atoms with van der Waals surface area (Å²) in [6.07, 6.45) is 5.22. The SMILES string of the molecule is Cc1ncnc(C)c1-c1ccc(OI)c2ccncc12. The van der Waals surface area contributed by atoms with Gasteiger partial charge in [-0.25, -0.2) is 9.97 Å². The molecule has 0 N–H and O–H groups in total. The Bertz CT molecular complexity index is 769. The minimum atomic E-state index is 0.832. The summed E-state index contributed by atoms with van der Waals surface area (Å²) in [6, 6.07) is 5.97. The Morgan fingerprint density at radius 3 is 2.45 bits per heavy atom. The lowest BCUT2D eigenvalue weighted by Gasteiger charge is -2.12. The number of benzene rings is 1. The summed E-state index contributed by atoms with van der Waals surface area (Å²) in [7, 11) is 0. The summed E-state index contributed by atoms with van der Waals surface area (Å²) >= 11 is 1.90. The van der Waals surface area contributed by atoms with Crippen molar-refractivity contribution in [3.8, 4) is 16.9 Å². The highest BCUT2D eigenvalue weighted by atomic mass is 127.